The predicted octanol–water partition coefficient (Wildman–Crippen LogP) is 19.6. The van der Waals surface area contributed by atoms with Gasteiger partial charge in [0.15, 0.2) is 11.4 Å². The Morgan fingerprint density at radius 3 is 1.21 bits per heavy atom. The molecule has 4 heterocycles. The topological polar surface area (TPSA) is 534 Å². The van der Waals surface area contributed by atoms with Gasteiger partial charge in [0.05, 0.1) is 76.4 Å². The van der Waals surface area contributed by atoms with Crippen molar-refractivity contribution >= 4 is 143 Å². The fourth-order valence-electron chi connectivity index (χ4n) is 18.9. The van der Waals surface area contributed by atoms with Gasteiger partial charge < -0.3 is 40.2 Å². The van der Waals surface area contributed by atoms with Gasteiger partial charge in [-0.15, -0.1) is 8.67 Å². The molecule has 0 aromatic heterocycles. The summed E-state index contributed by atoms with van der Waals surface area (Å²) in [6.45, 7) is 19.3. The molecule has 784 valence electrons. The van der Waals surface area contributed by atoms with Gasteiger partial charge in [-0.1, -0.05) is 151 Å². The van der Waals surface area contributed by atoms with Crippen molar-refractivity contribution in [3.05, 3.63) is 188 Å². The number of halogens is 1. The zero-order valence-electron chi connectivity index (χ0n) is 81.5. The largest absolute Gasteiger partial charge is 0.748 e. The molecule has 4 aromatic rings. The molecule has 6 aliphatic rings. The number of carboxylic acids is 2. The summed E-state index contributed by atoms with van der Waals surface area (Å²) in [7, 11) is -26.0. The second-order valence-corrected chi connectivity index (χ2v) is 49.1. The van der Waals surface area contributed by atoms with Crippen LogP contribution in [0.5, 0.6) is 0 Å². The second kappa shape index (κ2) is 54.4. The van der Waals surface area contributed by atoms with Crippen LogP contribution in [0.2, 0.25) is 0 Å². The second-order valence-electron chi connectivity index (χ2n) is 38.2. The highest BCUT2D eigenvalue weighted by Gasteiger charge is 2.48. The van der Waals surface area contributed by atoms with Crippen molar-refractivity contribution in [1.29, 1.82) is 0 Å². The quantitative estimate of drug-likeness (QED) is 0.00490. The molecule has 0 spiro atoms. The number of carboxylic acid groups (broad SMARTS) is 2. The molecule has 11 N–H and O–H groups in total. The number of benzene rings is 4. The number of nitrogens with two attached hydrogens (primary N) is 1. The van der Waals surface area contributed by atoms with E-state index in [0.717, 1.165) is 200 Å². The van der Waals surface area contributed by atoms with Crippen LogP contribution in [0.15, 0.2) is 185 Å². The number of hydrogen-bond donors (Lipinski definition) is 10. The zero-order valence-corrected chi connectivity index (χ0v) is 88.8. The first-order valence-electron chi connectivity index (χ1n) is 47.9. The SMILES string of the molecule is CC1(C)C(/C=C/C2=C(Cl)C(=C/C=C3/N(CCCCS(=O)(=O)O)c4ccc(S(=O)(=O)O)cc4C3(C)C)/CCC2)=[N+](CCCCS(=O)(=O)[O-])c2ccc(SOOO)cc21.CC1(C)C(/C=C/C2=C(NCCCCCCCCCCC(=O)O)C(=C/C=C3/N(CCCCS(=O)(=O)O)c4ccc(S(=O)(=O)O)cc4C3(C)C)/CCC2)=[N+](CCCCS(=O)(=O)[O-])c2ccc(SOOO)cc21.NCCCCCCCCCCC(=O)O. The number of nitrogens with zero attached hydrogens (tertiary/aromatic N) is 4. The Kier molecular flexibility index (Phi) is 45.8. The summed E-state index contributed by atoms with van der Waals surface area (Å²) in [6.07, 6.45) is 40.9. The van der Waals surface area contributed by atoms with Crippen LogP contribution in [-0.4, -0.2) is 193 Å². The summed E-state index contributed by atoms with van der Waals surface area (Å²) in [4.78, 5) is 26.0. The number of fused-ring (bicyclic) bond motifs is 4. The maximum Gasteiger partial charge on any atom is 0.303 e. The number of allylic oxidation sites excluding steroid dienone is 15. The Bertz CT molecular complexity index is 6100. The first-order chi connectivity index (χ1) is 66.2. The Hall–Kier alpha value is -7.35. The van der Waals surface area contributed by atoms with Crippen LogP contribution in [-0.2, 0) is 111 Å². The van der Waals surface area contributed by atoms with Crippen molar-refractivity contribution in [2.24, 2.45) is 5.73 Å². The highest BCUT2D eigenvalue weighted by molar-refractivity contribution is 7.94. The predicted molar refractivity (Wildman–Crippen MR) is 546 cm³/mol. The molecule has 0 saturated heterocycles. The van der Waals surface area contributed by atoms with Crippen molar-refractivity contribution in [3.8, 4) is 0 Å². The minimum Gasteiger partial charge on any atom is -0.748 e. The van der Waals surface area contributed by atoms with E-state index in [2.05, 4.69) is 74.8 Å². The van der Waals surface area contributed by atoms with Crippen LogP contribution in [0, 0.1) is 0 Å². The number of aliphatic carboxylic acids is 2. The summed E-state index contributed by atoms with van der Waals surface area (Å²) < 4.78 is 215. The van der Waals surface area contributed by atoms with E-state index in [1.54, 1.807) is 12.1 Å². The Balaban J connectivity index is 0.000000308. The van der Waals surface area contributed by atoms with E-state index in [0.29, 0.717) is 116 Å². The van der Waals surface area contributed by atoms with Gasteiger partial charge in [-0.2, -0.15) is 42.8 Å². The van der Waals surface area contributed by atoms with Gasteiger partial charge in [-0.3, -0.25) is 27.8 Å². The number of hydrogen-bond acceptors (Lipinski definition) is 28. The normalized spacial score (nSPS) is 18.0. The fourth-order valence-corrected chi connectivity index (χ4v) is 23.3. The first-order valence-corrected chi connectivity index (χ1v) is 59.0. The van der Waals surface area contributed by atoms with E-state index in [1.165, 1.54) is 56.4 Å². The molecular weight excluding hydrogens is 2000 g/mol. The van der Waals surface area contributed by atoms with Crippen LogP contribution in [0.25, 0.3) is 0 Å². The highest BCUT2D eigenvalue weighted by Crippen LogP contribution is 2.52. The monoisotopic (exact) mass is 2140 g/mol. The molecular formula is C98H139ClN6O28S8. The van der Waals surface area contributed by atoms with Crippen LogP contribution in [0.3, 0.4) is 0 Å². The van der Waals surface area contributed by atoms with Crippen molar-refractivity contribution in [3.63, 3.8) is 0 Å². The molecule has 34 nitrogen and oxygen atoms in total. The lowest BCUT2D eigenvalue weighted by molar-refractivity contribution is -0.438. The van der Waals surface area contributed by atoms with Gasteiger partial charge in [0.25, 0.3) is 40.5 Å². The summed E-state index contributed by atoms with van der Waals surface area (Å²) in [6, 6.07) is 20.3. The van der Waals surface area contributed by atoms with E-state index in [4.69, 9.17) is 42.4 Å². The fraction of sp³-hybridized carbons (Fsp3) is 0.551. The molecule has 10 rings (SSSR count). The molecule has 43 heteroatoms. The third-order valence-electron chi connectivity index (χ3n) is 26.2. The third kappa shape index (κ3) is 36.3. The Morgan fingerprint density at radius 1 is 0.447 bits per heavy atom. The summed E-state index contributed by atoms with van der Waals surface area (Å²) in [5.74, 6) is -3.13. The number of anilines is 2. The van der Waals surface area contributed by atoms with Gasteiger partial charge in [0, 0.05) is 146 Å². The van der Waals surface area contributed by atoms with E-state index in [-0.39, 0.29) is 47.6 Å². The van der Waals surface area contributed by atoms with E-state index < -0.39 is 112 Å². The number of nitrogens with one attached hydrogen (secondary N) is 1. The maximum atomic E-state index is 12.3. The number of rotatable bonds is 56. The minimum atomic E-state index is -4.51. The lowest BCUT2D eigenvalue weighted by Crippen LogP contribution is -2.28. The molecule has 0 amide bonds. The zero-order chi connectivity index (χ0) is 104. The lowest BCUT2D eigenvalue weighted by Gasteiger charge is -2.28. The van der Waals surface area contributed by atoms with Crippen molar-refractivity contribution in [2.75, 3.05) is 72.1 Å². The van der Waals surface area contributed by atoms with Crippen molar-refractivity contribution < 1.29 is 136 Å². The minimum absolute atomic E-state index is 0.200. The molecule has 0 unspecified atom stereocenters. The molecule has 0 radical (unpaired) electrons. The van der Waals surface area contributed by atoms with Crippen LogP contribution >= 0.6 is 35.7 Å². The maximum absolute atomic E-state index is 12.3. The van der Waals surface area contributed by atoms with Crippen LogP contribution in [0.1, 0.15) is 283 Å². The molecule has 0 bridgehead atoms. The average molecular weight is 2140 g/mol. The van der Waals surface area contributed by atoms with Crippen molar-refractivity contribution in [1.82, 2.24) is 5.32 Å². The Labute approximate surface area is 845 Å². The smallest absolute Gasteiger partial charge is 0.303 e. The molecule has 2 aliphatic carbocycles. The molecule has 0 atom stereocenters. The van der Waals surface area contributed by atoms with Gasteiger partial charge in [0.1, 0.15) is 13.1 Å². The standard InChI is InChI=1S/C49H69N3O14S4.C38H47ClN2O12S4.C11H23NO2/c1-48(2)40-34-38(67-66-65-55)23-25-42(40)51(30-13-15-32-68(56,57)58)44(48)27-21-36-18-17-19-37(47(36)50-29-12-10-8-6-5-7-9-11-20-46(53)54)22-28-45-49(3,4)41-35-39(70(62,63)64)24-26-43(41)52(45)31-14-16-33-69(59,60)61;1-37(2)30-24-28(54-53-52-42)14-16-32(30)40(20-5-7-22-55(43,44)45)34(37)18-12-26-10-9-11-27(36(26)39)13-19-35-38(3,4)31-25-29(57(49,50)51)15-17-33(31)41(35)21-6-8-23-56(46,47)48;12-10-8-6-4-2-1-3-5-7-9-11(13)14/h21-28,34-35H,5-20,29-33H2,1-4H3,(H5,53,54,55,56,57,58,59,60,61,62,63,64);12-19,24-25H,5-11,20-23H2,1-4H3,(H3-,42,43,44,45,46,47,48,49,50,51);1-10,12H2,(H,13,14)/b37-22+,45-28+;;. The molecule has 0 fully saturated rings. The average Bonchev–Trinajstić information content (AvgIpc) is 1.62. The van der Waals surface area contributed by atoms with Crippen LogP contribution in [0.4, 0.5) is 22.7 Å². The van der Waals surface area contributed by atoms with Gasteiger partial charge >= 0.3 is 11.9 Å². The van der Waals surface area contributed by atoms with E-state index >= 15 is 0 Å². The molecule has 4 aromatic carbocycles. The highest BCUT2D eigenvalue weighted by atomic mass is 35.5. The van der Waals surface area contributed by atoms with Crippen LogP contribution < -0.4 is 20.9 Å². The van der Waals surface area contributed by atoms with E-state index in [9.17, 15) is 87.4 Å². The van der Waals surface area contributed by atoms with Gasteiger partial charge in [-0.05, 0) is 243 Å². The van der Waals surface area contributed by atoms with Crippen molar-refractivity contribution in [2.45, 2.75) is 302 Å². The number of carbonyl (C=O) groups is 2. The first kappa shape index (κ1) is 119. The molecule has 4 aliphatic heterocycles. The van der Waals surface area contributed by atoms with Gasteiger partial charge in [-0.25, -0.2) is 27.4 Å². The van der Waals surface area contributed by atoms with Gasteiger partial charge in [0.2, 0.25) is 11.4 Å². The van der Waals surface area contributed by atoms with E-state index in [1.807, 2.05) is 104 Å². The number of unbranched alkanes of at least 4 members (excludes halogenated alkanes) is 18. The molecule has 141 heavy (non-hydrogen) atoms. The summed E-state index contributed by atoms with van der Waals surface area (Å²) >= 11 is 8.82. The Morgan fingerprint density at radius 2 is 0.823 bits per heavy atom. The lowest BCUT2D eigenvalue weighted by atomic mass is 9.81. The summed E-state index contributed by atoms with van der Waals surface area (Å²) in [5, 5.41) is 46.8. The molecule has 0 saturated carbocycles. The third-order valence-corrected chi connectivity index (χ3v) is 32.7. The summed E-state index contributed by atoms with van der Waals surface area (Å²) in [5.41, 5.74) is 17.9.